The van der Waals surface area contributed by atoms with Gasteiger partial charge in [-0.3, -0.25) is 14.2 Å². The lowest BCUT2D eigenvalue weighted by molar-refractivity contribution is -0.127. The van der Waals surface area contributed by atoms with Crippen LogP contribution in [0.5, 0.6) is 17.2 Å². The fourth-order valence-electron chi connectivity index (χ4n) is 5.25. The summed E-state index contributed by atoms with van der Waals surface area (Å²) in [7, 11) is 3.18. The third kappa shape index (κ3) is 6.23. The molecule has 1 aliphatic heterocycles. The van der Waals surface area contributed by atoms with Gasteiger partial charge in [0.15, 0.2) is 16.3 Å². The number of thiazole rings is 1. The van der Waals surface area contributed by atoms with Crippen molar-refractivity contribution in [2.24, 2.45) is 4.99 Å². The number of nitrogens with zero attached hydrogens (tertiary/aromatic N) is 3. The van der Waals surface area contributed by atoms with Crippen molar-refractivity contribution < 1.29 is 19.0 Å². The lowest BCUT2D eigenvalue weighted by Crippen LogP contribution is -2.43. The number of hydrogen-bond acceptors (Lipinski definition) is 7. The van der Waals surface area contributed by atoms with Crippen LogP contribution in [0.2, 0.25) is 0 Å². The lowest BCUT2D eigenvalue weighted by Gasteiger charge is -2.29. The van der Waals surface area contributed by atoms with Gasteiger partial charge in [-0.2, -0.15) is 0 Å². The van der Waals surface area contributed by atoms with Crippen LogP contribution >= 0.6 is 27.3 Å². The van der Waals surface area contributed by atoms with Gasteiger partial charge in [-0.05, 0) is 68.3 Å². The predicted octanol–water partition coefficient (Wildman–Crippen LogP) is 5.46. The van der Waals surface area contributed by atoms with Gasteiger partial charge in [0.1, 0.15) is 18.4 Å². The number of likely N-dealkylation sites (N-methyl/N-ethyl adjacent to an activating group) is 1. The molecule has 10 heteroatoms. The van der Waals surface area contributed by atoms with E-state index in [4.69, 9.17) is 19.2 Å². The fourth-order valence-corrected chi connectivity index (χ4v) is 6.56. The highest BCUT2D eigenvalue weighted by atomic mass is 79.9. The third-order valence-corrected chi connectivity index (χ3v) is 9.04. The minimum Gasteiger partial charge on any atom is -0.496 e. The molecule has 8 nitrogen and oxygen atoms in total. The van der Waals surface area contributed by atoms with Crippen LogP contribution in [0.15, 0.2) is 92.3 Å². The number of hydrogen-bond donors (Lipinski definition) is 0. The molecule has 0 unspecified atom stereocenters. The number of carbonyl (C=O) groups is 1. The van der Waals surface area contributed by atoms with Gasteiger partial charge in [0.05, 0.1) is 30.0 Å². The topological polar surface area (TPSA) is 82.4 Å². The smallest absolute Gasteiger partial charge is 0.271 e. The molecule has 1 aliphatic rings. The summed E-state index contributed by atoms with van der Waals surface area (Å²) in [6, 6.07) is 20.3. The number of benzene rings is 3. The van der Waals surface area contributed by atoms with Crippen molar-refractivity contribution in [3.8, 4) is 17.2 Å². The summed E-state index contributed by atoms with van der Waals surface area (Å²) in [6.07, 6.45) is 1.81. The maximum atomic E-state index is 14.1. The molecule has 1 aromatic heterocycles. The third-order valence-electron chi connectivity index (χ3n) is 7.53. The lowest BCUT2D eigenvalue weighted by atomic mass is 9.94. The quantitative estimate of drug-likeness (QED) is 0.223. The summed E-state index contributed by atoms with van der Waals surface area (Å²) < 4.78 is 20.5. The molecule has 3 aromatic carbocycles. The van der Waals surface area contributed by atoms with Crippen LogP contribution in [-0.4, -0.2) is 42.7 Å². The zero-order valence-electron chi connectivity index (χ0n) is 25.3. The largest absolute Gasteiger partial charge is 0.496 e. The Hall–Kier alpha value is -4.15. The van der Waals surface area contributed by atoms with Gasteiger partial charge < -0.3 is 19.1 Å². The molecule has 0 fully saturated rings. The van der Waals surface area contributed by atoms with E-state index >= 15 is 0 Å². The molecular weight excluding hydrogens is 642 g/mol. The molecular formula is C34H34BrN3O5S. The van der Waals surface area contributed by atoms with Crippen molar-refractivity contribution in [3.63, 3.8) is 0 Å². The van der Waals surface area contributed by atoms with E-state index in [1.807, 2.05) is 93.6 Å². The van der Waals surface area contributed by atoms with Gasteiger partial charge >= 0.3 is 0 Å². The molecule has 0 saturated heterocycles. The maximum Gasteiger partial charge on any atom is 0.271 e. The van der Waals surface area contributed by atoms with E-state index in [0.717, 1.165) is 21.2 Å². The van der Waals surface area contributed by atoms with E-state index in [2.05, 4.69) is 15.9 Å². The zero-order valence-corrected chi connectivity index (χ0v) is 27.7. The highest BCUT2D eigenvalue weighted by Gasteiger charge is 2.35. The highest BCUT2D eigenvalue weighted by molar-refractivity contribution is 9.10. The molecule has 1 atom stereocenters. The van der Waals surface area contributed by atoms with E-state index in [1.165, 1.54) is 11.3 Å². The van der Waals surface area contributed by atoms with Crippen LogP contribution in [0.3, 0.4) is 0 Å². The van der Waals surface area contributed by atoms with E-state index in [9.17, 15) is 9.59 Å². The maximum absolute atomic E-state index is 14.1. The molecule has 5 rings (SSSR count). The summed E-state index contributed by atoms with van der Waals surface area (Å²) in [4.78, 5) is 35.0. The van der Waals surface area contributed by atoms with Gasteiger partial charge in [-0.1, -0.05) is 63.7 Å². The van der Waals surface area contributed by atoms with E-state index in [0.29, 0.717) is 57.5 Å². The molecule has 2 heterocycles. The van der Waals surface area contributed by atoms with Crippen molar-refractivity contribution in [1.82, 2.24) is 9.47 Å². The Balaban J connectivity index is 1.58. The molecule has 1 amide bonds. The average molecular weight is 677 g/mol. The first-order chi connectivity index (χ1) is 21.3. The Morgan fingerprint density at radius 2 is 1.70 bits per heavy atom. The molecule has 0 saturated carbocycles. The van der Waals surface area contributed by atoms with Crippen LogP contribution in [0.1, 0.15) is 43.5 Å². The predicted molar refractivity (Wildman–Crippen MR) is 176 cm³/mol. The van der Waals surface area contributed by atoms with Gasteiger partial charge in [0.2, 0.25) is 0 Å². The van der Waals surface area contributed by atoms with Crippen molar-refractivity contribution in [3.05, 3.63) is 119 Å². The van der Waals surface area contributed by atoms with Gasteiger partial charge in [-0.25, -0.2) is 4.99 Å². The van der Waals surface area contributed by atoms with Crippen LogP contribution in [0.25, 0.3) is 6.08 Å². The Morgan fingerprint density at radius 1 is 1.00 bits per heavy atom. The Labute approximate surface area is 268 Å². The molecule has 0 spiro atoms. The number of ether oxygens (including phenoxy) is 3. The van der Waals surface area contributed by atoms with Crippen LogP contribution in [0.4, 0.5) is 0 Å². The minimum absolute atomic E-state index is 0.148. The fraction of sp³-hybridized carbons (Fsp3) is 0.265. The number of methoxy groups -OCH3 is 2. The number of carbonyl (C=O) groups excluding carboxylic acids is 1. The standard InChI is InChI=1S/C34H34BrN3O5S/c1-6-37(7-2)33(40)30-21(3)36-34-38(31(30)25-10-8-9-11-26(25)41-4)32(39)29(44-34)19-23-14-17-27(28(18-23)42-5)43-20-22-12-15-24(35)16-13-22/h8-19,31H,6-7,20H2,1-5H3/b29-19+/t31-/m0/s1. The number of para-hydroxylation sites is 1. The number of halogens is 1. The van der Waals surface area contributed by atoms with Gasteiger partial charge in [0, 0.05) is 23.1 Å². The molecule has 0 bridgehead atoms. The number of aromatic nitrogens is 1. The molecule has 0 aliphatic carbocycles. The Morgan fingerprint density at radius 3 is 2.39 bits per heavy atom. The first-order valence-electron chi connectivity index (χ1n) is 14.3. The molecule has 0 radical (unpaired) electrons. The zero-order chi connectivity index (χ0) is 31.4. The molecule has 228 valence electrons. The monoisotopic (exact) mass is 675 g/mol. The second-order valence-electron chi connectivity index (χ2n) is 10.1. The summed E-state index contributed by atoms with van der Waals surface area (Å²) in [5, 5.41) is 0. The molecule has 44 heavy (non-hydrogen) atoms. The van der Waals surface area contributed by atoms with Crippen LogP contribution in [0, 0.1) is 0 Å². The second kappa shape index (κ2) is 13.7. The normalized spacial score (nSPS) is 14.6. The summed E-state index contributed by atoms with van der Waals surface area (Å²) >= 11 is 4.74. The van der Waals surface area contributed by atoms with E-state index in [-0.39, 0.29) is 11.5 Å². The second-order valence-corrected chi connectivity index (χ2v) is 12.1. The summed E-state index contributed by atoms with van der Waals surface area (Å²) in [5.74, 6) is 1.60. The molecule has 0 N–H and O–H groups in total. The van der Waals surface area contributed by atoms with Gasteiger partial charge in [-0.15, -0.1) is 0 Å². The highest BCUT2D eigenvalue weighted by Crippen LogP contribution is 2.36. The summed E-state index contributed by atoms with van der Waals surface area (Å²) in [6.45, 7) is 7.18. The Kier molecular flexibility index (Phi) is 9.71. The van der Waals surface area contributed by atoms with Crippen LogP contribution < -0.4 is 29.1 Å². The number of amides is 1. The minimum atomic E-state index is -0.693. The van der Waals surface area contributed by atoms with Crippen molar-refractivity contribution in [1.29, 1.82) is 0 Å². The average Bonchev–Trinajstić information content (AvgIpc) is 3.34. The van der Waals surface area contributed by atoms with Crippen LogP contribution in [-0.2, 0) is 11.4 Å². The number of rotatable bonds is 10. The summed E-state index contributed by atoms with van der Waals surface area (Å²) in [5.41, 5.74) is 3.33. The van der Waals surface area contributed by atoms with Crippen molar-refractivity contribution in [2.45, 2.75) is 33.4 Å². The van der Waals surface area contributed by atoms with E-state index < -0.39 is 6.04 Å². The number of fused-ring (bicyclic) bond motifs is 1. The first-order valence-corrected chi connectivity index (χ1v) is 15.9. The Bertz CT molecular complexity index is 1890. The first kappa shape index (κ1) is 31.3. The van der Waals surface area contributed by atoms with Crippen molar-refractivity contribution >= 4 is 39.2 Å². The van der Waals surface area contributed by atoms with Gasteiger partial charge in [0.25, 0.3) is 11.5 Å². The molecule has 4 aromatic rings. The SMILES string of the molecule is CCN(CC)C(=O)C1=C(C)N=c2s/c(=C/c3ccc(OCc4ccc(Br)cc4)c(OC)c3)c(=O)n2[C@H]1c1ccccc1OC. The van der Waals surface area contributed by atoms with E-state index in [1.54, 1.807) is 23.7 Å². The van der Waals surface area contributed by atoms with Crippen molar-refractivity contribution in [2.75, 3.05) is 27.3 Å². The number of allylic oxidation sites excluding steroid dienone is 1.